The maximum atomic E-state index is 13.6. The molecule has 0 radical (unpaired) electrons. The lowest BCUT2D eigenvalue weighted by molar-refractivity contribution is -0.129. The Kier molecular flexibility index (Phi) is 9.21. The number of ether oxygens (including phenoxy) is 1. The number of rotatable bonds is 10. The molecule has 37 heavy (non-hydrogen) atoms. The van der Waals surface area contributed by atoms with Gasteiger partial charge in [0.2, 0.25) is 21.8 Å². The van der Waals surface area contributed by atoms with Crippen molar-refractivity contribution in [1.82, 2.24) is 9.21 Å². The Hall–Kier alpha value is -2.91. The fourth-order valence-corrected chi connectivity index (χ4v) is 6.73. The zero-order valence-corrected chi connectivity index (χ0v) is 22.3. The number of amides is 2. The first-order valence-electron chi connectivity index (χ1n) is 13.3. The van der Waals surface area contributed by atoms with Crippen molar-refractivity contribution in [1.29, 1.82) is 0 Å². The molecule has 200 valence electrons. The van der Waals surface area contributed by atoms with Crippen molar-refractivity contribution < 1.29 is 22.7 Å². The zero-order valence-electron chi connectivity index (χ0n) is 21.5. The zero-order chi connectivity index (χ0) is 26.3. The number of nitrogens with zero attached hydrogens (tertiary/aromatic N) is 2. The summed E-state index contributed by atoms with van der Waals surface area (Å²) < 4.78 is 34.0. The predicted molar refractivity (Wildman–Crippen MR) is 143 cm³/mol. The van der Waals surface area contributed by atoms with Crippen LogP contribution in [0.3, 0.4) is 0 Å². The van der Waals surface area contributed by atoms with Gasteiger partial charge in [-0.2, -0.15) is 4.31 Å². The first kappa shape index (κ1) is 27.1. The van der Waals surface area contributed by atoms with Gasteiger partial charge in [0.25, 0.3) is 0 Å². The Balaban J connectivity index is 1.43. The molecule has 2 aromatic carbocycles. The van der Waals surface area contributed by atoms with E-state index in [1.54, 1.807) is 24.3 Å². The molecule has 1 aliphatic heterocycles. The molecule has 8 nitrogen and oxygen atoms in total. The molecule has 2 aliphatic rings. The summed E-state index contributed by atoms with van der Waals surface area (Å²) in [6.07, 6.45) is 6.90. The van der Waals surface area contributed by atoms with Gasteiger partial charge < -0.3 is 15.0 Å². The molecule has 2 fully saturated rings. The van der Waals surface area contributed by atoms with E-state index in [1.165, 1.54) is 16.4 Å². The van der Waals surface area contributed by atoms with Crippen molar-refractivity contribution in [2.24, 2.45) is 0 Å². The molecule has 0 bridgehead atoms. The van der Waals surface area contributed by atoms with Crippen LogP contribution in [0.1, 0.15) is 57.4 Å². The van der Waals surface area contributed by atoms with Crippen LogP contribution in [0.5, 0.6) is 5.75 Å². The average Bonchev–Trinajstić information content (AvgIpc) is 3.45. The van der Waals surface area contributed by atoms with Gasteiger partial charge in [-0.25, -0.2) is 8.42 Å². The summed E-state index contributed by atoms with van der Waals surface area (Å²) >= 11 is 0. The predicted octanol–water partition coefficient (Wildman–Crippen LogP) is 4.21. The van der Waals surface area contributed by atoms with E-state index in [1.807, 2.05) is 24.0 Å². The lowest BCUT2D eigenvalue weighted by atomic mass is 9.95. The number of benzene rings is 2. The van der Waals surface area contributed by atoms with E-state index >= 15 is 0 Å². The van der Waals surface area contributed by atoms with Gasteiger partial charge in [-0.1, -0.05) is 31.4 Å². The summed E-state index contributed by atoms with van der Waals surface area (Å²) in [5.41, 5.74) is 1.46. The van der Waals surface area contributed by atoms with E-state index in [4.69, 9.17) is 4.74 Å². The van der Waals surface area contributed by atoms with Crippen molar-refractivity contribution in [3.05, 3.63) is 54.1 Å². The van der Waals surface area contributed by atoms with Crippen molar-refractivity contribution in [2.75, 3.05) is 31.6 Å². The largest absolute Gasteiger partial charge is 0.494 e. The molecule has 4 rings (SSSR count). The third-order valence-electron chi connectivity index (χ3n) is 7.07. The van der Waals surface area contributed by atoms with E-state index in [-0.39, 0.29) is 29.3 Å². The van der Waals surface area contributed by atoms with Gasteiger partial charge in [-0.05, 0) is 74.6 Å². The molecular weight excluding hydrogens is 490 g/mol. The number of nitrogens with one attached hydrogen (secondary N) is 1. The van der Waals surface area contributed by atoms with Crippen LogP contribution in [0.25, 0.3) is 0 Å². The van der Waals surface area contributed by atoms with Crippen LogP contribution >= 0.6 is 0 Å². The van der Waals surface area contributed by atoms with Crippen molar-refractivity contribution in [3.8, 4) is 5.75 Å². The monoisotopic (exact) mass is 527 g/mol. The van der Waals surface area contributed by atoms with Crippen LogP contribution in [-0.4, -0.2) is 61.7 Å². The highest BCUT2D eigenvalue weighted by atomic mass is 32.2. The van der Waals surface area contributed by atoms with Crippen molar-refractivity contribution in [2.45, 2.75) is 69.2 Å². The van der Waals surface area contributed by atoms with Crippen LogP contribution in [-0.2, 0) is 26.0 Å². The van der Waals surface area contributed by atoms with E-state index in [2.05, 4.69) is 5.32 Å². The summed E-state index contributed by atoms with van der Waals surface area (Å²) in [4.78, 5) is 27.5. The van der Waals surface area contributed by atoms with Gasteiger partial charge in [0.1, 0.15) is 5.75 Å². The maximum absolute atomic E-state index is 13.6. The quantitative estimate of drug-likeness (QED) is 0.499. The molecular formula is C28H37N3O5S. The van der Waals surface area contributed by atoms with Gasteiger partial charge in [-0.3, -0.25) is 9.59 Å². The van der Waals surface area contributed by atoms with Gasteiger partial charge >= 0.3 is 0 Å². The number of hydrogen-bond acceptors (Lipinski definition) is 5. The number of anilines is 1. The Morgan fingerprint density at radius 2 is 1.59 bits per heavy atom. The molecule has 0 aromatic heterocycles. The molecule has 1 heterocycles. The number of sulfonamides is 1. The summed E-state index contributed by atoms with van der Waals surface area (Å²) in [7, 11) is -3.87. The van der Waals surface area contributed by atoms with E-state index in [0.29, 0.717) is 24.5 Å². The Bertz CT molecular complexity index is 1150. The molecule has 1 saturated carbocycles. The third kappa shape index (κ3) is 7.11. The number of carbonyl (C=O) groups excluding carboxylic acids is 2. The van der Waals surface area contributed by atoms with Gasteiger partial charge in [0.05, 0.1) is 24.5 Å². The number of carbonyl (C=O) groups is 2. The molecule has 1 saturated heterocycles. The van der Waals surface area contributed by atoms with Crippen LogP contribution in [0, 0.1) is 0 Å². The van der Waals surface area contributed by atoms with Crippen LogP contribution in [0.15, 0.2) is 53.4 Å². The van der Waals surface area contributed by atoms with Gasteiger partial charge in [0, 0.05) is 24.8 Å². The minimum Gasteiger partial charge on any atom is -0.494 e. The highest BCUT2D eigenvalue weighted by Gasteiger charge is 2.34. The SMILES string of the molecule is CCOc1ccc(S(=O)(=O)N(CC(=O)Nc2ccc(CC(=O)N3CCCC3)cc2)C2CCCCC2)cc1. The Labute approximate surface area is 220 Å². The van der Waals surface area contributed by atoms with Crippen LogP contribution in [0.4, 0.5) is 5.69 Å². The van der Waals surface area contributed by atoms with E-state index in [0.717, 1.165) is 63.6 Å². The summed E-state index contributed by atoms with van der Waals surface area (Å²) in [5.74, 6) is 0.340. The molecule has 0 unspecified atom stereocenters. The highest BCUT2D eigenvalue weighted by molar-refractivity contribution is 7.89. The minimum absolute atomic E-state index is 0.122. The van der Waals surface area contributed by atoms with Crippen LogP contribution < -0.4 is 10.1 Å². The smallest absolute Gasteiger partial charge is 0.243 e. The second kappa shape index (κ2) is 12.6. The van der Waals surface area contributed by atoms with Gasteiger partial charge in [-0.15, -0.1) is 0 Å². The molecule has 9 heteroatoms. The Morgan fingerprint density at radius 1 is 0.946 bits per heavy atom. The summed E-state index contributed by atoms with van der Waals surface area (Å²) in [6, 6.07) is 13.3. The number of likely N-dealkylation sites (tertiary alicyclic amines) is 1. The second-order valence-corrected chi connectivity index (χ2v) is 11.6. The van der Waals surface area contributed by atoms with Crippen molar-refractivity contribution >= 4 is 27.5 Å². The van der Waals surface area contributed by atoms with E-state index < -0.39 is 10.0 Å². The van der Waals surface area contributed by atoms with E-state index in [9.17, 15) is 18.0 Å². The summed E-state index contributed by atoms with van der Waals surface area (Å²) in [5, 5.41) is 2.84. The first-order valence-corrected chi connectivity index (χ1v) is 14.7. The maximum Gasteiger partial charge on any atom is 0.243 e. The lowest BCUT2D eigenvalue weighted by Crippen LogP contribution is -2.45. The second-order valence-electron chi connectivity index (χ2n) is 9.76. The Morgan fingerprint density at radius 3 is 2.22 bits per heavy atom. The molecule has 0 atom stereocenters. The average molecular weight is 528 g/mol. The molecule has 0 spiro atoms. The fourth-order valence-electron chi connectivity index (χ4n) is 5.09. The fraction of sp³-hybridized carbons (Fsp3) is 0.500. The lowest BCUT2D eigenvalue weighted by Gasteiger charge is -2.33. The standard InChI is InChI=1S/C28H37N3O5S/c1-2-36-25-14-16-26(17-15-25)37(34,35)31(24-8-4-3-5-9-24)21-27(32)29-23-12-10-22(11-13-23)20-28(33)30-18-6-7-19-30/h10-17,24H,2-9,18-21H2,1H3,(H,29,32). The molecule has 2 aromatic rings. The third-order valence-corrected chi connectivity index (χ3v) is 8.99. The number of hydrogen-bond donors (Lipinski definition) is 1. The topological polar surface area (TPSA) is 96.0 Å². The minimum atomic E-state index is -3.87. The van der Waals surface area contributed by atoms with Crippen LogP contribution in [0.2, 0.25) is 0 Å². The molecule has 1 aliphatic carbocycles. The van der Waals surface area contributed by atoms with Crippen molar-refractivity contribution in [3.63, 3.8) is 0 Å². The highest BCUT2D eigenvalue weighted by Crippen LogP contribution is 2.29. The summed E-state index contributed by atoms with van der Waals surface area (Å²) in [6.45, 7) is 3.76. The normalized spacial score (nSPS) is 16.6. The molecule has 2 amide bonds. The first-order chi connectivity index (χ1) is 17.9. The van der Waals surface area contributed by atoms with Gasteiger partial charge in [0.15, 0.2) is 0 Å². The molecule has 1 N–H and O–H groups in total.